The molecule has 3 atom stereocenters. The molecule has 1 aliphatic rings. The number of halogens is 3. The highest BCUT2D eigenvalue weighted by Gasteiger charge is 2.53. The molecule has 6 heteroatoms. The third-order valence-electron chi connectivity index (χ3n) is 4.72. The second kappa shape index (κ2) is 7.87. The monoisotopic (exact) mass is 349 g/mol. The van der Waals surface area contributed by atoms with Crippen LogP contribution in [0.2, 0.25) is 0 Å². The van der Waals surface area contributed by atoms with Gasteiger partial charge in [0.05, 0.1) is 0 Å². The number of carbonyl (C=O) groups is 1. The molecule has 0 aromatic rings. The molecular weight excluding hydrogens is 317 g/mol. The molecule has 1 aliphatic heterocycles. The number of carbonyl (C=O) groups excluding carboxylic acids is 1. The van der Waals surface area contributed by atoms with Crippen molar-refractivity contribution in [3.05, 3.63) is 0 Å². The van der Waals surface area contributed by atoms with E-state index in [1.165, 1.54) is 6.21 Å². The largest absolute Gasteiger partial charge is 0.400 e. The van der Waals surface area contributed by atoms with E-state index in [0.717, 1.165) is 19.3 Å². The van der Waals surface area contributed by atoms with E-state index in [0.29, 0.717) is 6.42 Å². The molecule has 1 amide bonds. The maximum absolute atomic E-state index is 13.5. The van der Waals surface area contributed by atoms with E-state index in [-0.39, 0.29) is 23.9 Å². The minimum Gasteiger partial charge on any atom is -0.282 e. The summed E-state index contributed by atoms with van der Waals surface area (Å²) in [6.07, 6.45) is 0.0364. The van der Waals surface area contributed by atoms with Crippen molar-refractivity contribution in [2.75, 3.05) is 7.05 Å². The first-order chi connectivity index (χ1) is 10.9. The summed E-state index contributed by atoms with van der Waals surface area (Å²) >= 11 is 0. The van der Waals surface area contributed by atoms with Crippen LogP contribution in [0, 0.1) is 11.3 Å². The van der Waals surface area contributed by atoms with Crippen molar-refractivity contribution in [1.82, 2.24) is 4.90 Å². The lowest BCUT2D eigenvalue weighted by molar-refractivity contribution is -0.595. The molecule has 0 aromatic heterocycles. The first-order valence-electron chi connectivity index (χ1n) is 8.87. The summed E-state index contributed by atoms with van der Waals surface area (Å²) in [5.41, 5.74) is -0.329. The van der Waals surface area contributed by atoms with Crippen LogP contribution in [0.4, 0.5) is 13.2 Å². The van der Waals surface area contributed by atoms with Crippen molar-refractivity contribution in [2.45, 2.75) is 85.1 Å². The average Bonchev–Trinajstić information content (AvgIpc) is 2.65. The van der Waals surface area contributed by atoms with E-state index in [1.54, 1.807) is 23.4 Å². The Kier molecular flexibility index (Phi) is 6.88. The maximum atomic E-state index is 13.5. The fourth-order valence-electron chi connectivity index (χ4n) is 3.51. The molecule has 0 spiro atoms. The van der Waals surface area contributed by atoms with E-state index in [9.17, 15) is 18.0 Å². The molecule has 0 saturated carbocycles. The highest BCUT2D eigenvalue weighted by molar-refractivity contribution is 5.82. The summed E-state index contributed by atoms with van der Waals surface area (Å²) in [6, 6.07) is -0.556. The predicted octanol–water partition coefficient (Wildman–Crippen LogP) is 4.45. The summed E-state index contributed by atoms with van der Waals surface area (Å²) < 4.78 is 42.0. The van der Waals surface area contributed by atoms with Gasteiger partial charge < -0.3 is 0 Å². The highest BCUT2D eigenvalue weighted by Crippen LogP contribution is 2.34. The number of nitrogens with zero attached hydrogens (tertiary/aromatic N) is 2. The summed E-state index contributed by atoms with van der Waals surface area (Å²) in [5, 5.41) is 0. The first kappa shape index (κ1) is 21.0. The molecule has 24 heavy (non-hydrogen) atoms. The predicted molar refractivity (Wildman–Crippen MR) is 90.1 cm³/mol. The van der Waals surface area contributed by atoms with Gasteiger partial charge in [-0.15, -0.1) is 0 Å². The zero-order valence-corrected chi connectivity index (χ0v) is 15.8. The molecule has 0 bridgehead atoms. The number of unbranched alkanes of at least 4 members (excludes halogenated alkanes) is 3. The minimum absolute atomic E-state index is 0.0848. The molecule has 0 N–H and O–H groups in total. The third-order valence-corrected chi connectivity index (χ3v) is 4.72. The van der Waals surface area contributed by atoms with E-state index in [4.69, 9.17) is 0 Å². The second-order valence-electron chi connectivity index (χ2n) is 7.96. The van der Waals surface area contributed by atoms with Gasteiger partial charge in [-0.05, 0) is 6.42 Å². The van der Waals surface area contributed by atoms with E-state index >= 15 is 0 Å². The Balaban J connectivity index is 3.10. The summed E-state index contributed by atoms with van der Waals surface area (Å²) in [5.74, 6) is -1.63. The number of hydrogen-bond acceptors (Lipinski definition) is 1. The van der Waals surface area contributed by atoms with Crippen molar-refractivity contribution in [3.63, 3.8) is 0 Å². The van der Waals surface area contributed by atoms with Gasteiger partial charge in [0.2, 0.25) is 12.2 Å². The summed E-state index contributed by atoms with van der Waals surface area (Å²) in [7, 11) is 1.67. The van der Waals surface area contributed by atoms with Gasteiger partial charge in [0, 0.05) is 19.4 Å². The topological polar surface area (TPSA) is 23.3 Å². The Morgan fingerprint density at radius 3 is 2.25 bits per heavy atom. The van der Waals surface area contributed by atoms with Gasteiger partial charge in [-0.1, -0.05) is 53.4 Å². The van der Waals surface area contributed by atoms with Crippen LogP contribution < -0.4 is 0 Å². The maximum Gasteiger partial charge on any atom is 0.400 e. The average molecular weight is 349 g/mol. The lowest BCUT2D eigenvalue weighted by atomic mass is 9.91. The van der Waals surface area contributed by atoms with Crippen molar-refractivity contribution in [2.24, 2.45) is 11.3 Å². The quantitative estimate of drug-likeness (QED) is 0.513. The molecule has 0 radical (unpaired) electrons. The lowest BCUT2D eigenvalue weighted by Crippen LogP contribution is -2.45. The lowest BCUT2D eigenvalue weighted by Gasteiger charge is -2.28. The zero-order chi connectivity index (χ0) is 18.7. The highest BCUT2D eigenvalue weighted by atomic mass is 19.4. The Morgan fingerprint density at radius 2 is 1.79 bits per heavy atom. The van der Waals surface area contributed by atoms with Crippen LogP contribution in [-0.4, -0.2) is 47.0 Å². The van der Waals surface area contributed by atoms with Gasteiger partial charge in [0.15, 0.2) is 6.21 Å². The number of hydrogen-bond donors (Lipinski definition) is 0. The molecule has 3 nitrogen and oxygen atoms in total. The van der Waals surface area contributed by atoms with Crippen LogP contribution in [0.15, 0.2) is 0 Å². The van der Waals surface area contributed by atoms with Crippen molar-refractivity contribution in [1.29, 1.82) is 0 Å². The Morgan fingerprint density at radius 1 is 1.21 bits per heavy atom. The zero-order valence-electron chi connectivity index (χ0n) is 15.8. The number of amides is 1. The molecule has 1 fully saturated rings. The van der Waals surface area contributed by atoms with Gasteiger partial charge >= 0.3 is 6.18 Å². The van der Waals surface area contributed by atoms with Crippen molar-refractivity contribution in [3.8, 4) is 0 Å². The first-order valence-corrected chi connectivity index (χ1v) is 8.87. The molecular formula is C18H32F3N2O+. The minimum atomic E-state index is -4.28. The molecule has 0 aliphatic carbocycles. The summed E-state index contributed by atoms with van der Waals surface area (Å²) in [4.78, 5) is 13.9. The van der Waals surface area contributed by atoms with Crippen LogP contribution in [0.3, 0.4) is 0 Å². The van der Waals surface area contributed by atoms with Gasteiger partial charge in [-0.3, -0.25) is 9.69 Å². The second-order valence-corrected chi connectivity index (χ2v) is 7.96. The third kappa shape index (κ3) is 4.96. The van der Waals surface area contributed by atoms with Crippen LogP contribution in [0.5, 0.6) is 0 Å². The van der Waals surface area contributed by atoms with Crippen molar-refractivity contribution >= 4 is 12.1 Å². The number of rotatable bonds is 6. The fourth-order valence-corrected chi connectivity index (χ4v) is 3.51. The fraction of sp³-hybridized carbons (Fsp3) is 0.889. The Labute approximate surface area is 143 Å². The molecule has 0 aromatic carbocycles. The smallest absolute Gasteiger partial charge is 0.282 e. The van der Waals surface area contributed by atoms with Crippen molar-refractivity contribution < 1.29 is 22.5 Å². The molecule has 1 rings (SSSR count). The number of alkyl halides is 3. The molecule has 1 saturated heterocycles. The normalized spacial score (nSPS) is 25.6. The van der Waals surface area contributed by atoms with Gasteiger partial charge in [-0.25, -0.2) is 4.58 Å². The van der Waals surface area contributed by atoms with Gasteiger partial charge in [-0.2, -0.15) is 13.2 Å². The number of likely N-dealkylation sites (N-methyl/N-ethyl adjacent to an activating group) is 1. The standard InChI is InChI=1S/C18H32F3N2O/c1-7-8-9-10-11-14(18(19,20)21)12-23-13(2)15(24)22(6)16(23)17(3,4)5/h12-14,16H,7-11H2,1-6H3/q+1/b23-12-/t13-,14-,16-/m0/s1. The van der Waals surface area contributed by atoms with Crippen LogP contribution in [-0.2, 0) is 4.79 Å². The molecule has 0 unspecified atom stereocenters. The van der Waals surface area contributed by atoms with E-state index < -0.39 is 18.1 Å². The van der Waals surface area contributed by atoms with Crippen LogP contribution in [0.1, 0.15) is 66.7 Å². The molecule has 1 heterocycles. The molecule has 140 valence electrons. The van der Waals surface area contributed by atoms with E-state index in [1.807, 2.05) is 27.7 Å². The van der Waals surface area contributed by atoms with Gasteiger partial charge in [0.25, 0.3) is 5.91 Å². The van der Waals surface area contributed by atoms with E-state index in [2.05, 4.69) is 0 Å². The van der Waals surface area contributed by atoms with Crippen LogP contribution in [0.25, 0.3) is 0 Å². The Bertz CT molecular complexity index is 466. The Hall–Kier alpha value is -1.07. The van der Waals surface area contributed by atoms with Gasteiger partial charge in [0.1, 0.15) is 5.92 Å². The summed E-state index contributed by atoms with van der Waals surface area (Å²) in [6.45, 7) is 9.57. The SMILES string of the molecule is CCCCCC[C@@H](/C=[N+]1/[C@@H](C)C(=O)N(C)[C@@H]1C(C)(C)C)C(F)(F)F. The van der Waals surface area contributed by atoms with Crippen LogP contribution >= 0.6 is 0 Å².